The molecule has 0 saturated heterocycles. The van der Waals surface area contributed by atoms with E-state index in [2.05, 4.69) is 10.1 Å². The summed E-state index contributed by atoms with van der Waals surface area (Å²) in [7, 11) is 0. The van der Waals surface area contributed by atoms with Gasteiger partial charge in [0, 0.05) is 16.5 Å². The summed E-state index contributed by atoms with van der Waals surface area (Å²) in [5, 5.41) is 4.87. The minimum atomic E-state index is -0.404. The van der Waals surface area contributed by atoms with Crippen LogP contribution in [0.15, 0.2) is 22.7 Å². The Labute approximate surface area is 125 Å². The van der Waals surface area contributed by atoms with E-state index in [-0.39, 0.29) is 12.3 Å². The summed E-state index contributed by atoms with van der Waals surface area (Å²) in [5.41, 5.74) is 0.722. The number of ether oxygens (including phenoxy) is 1. The number of rotatable bonds is 5. The summed E-state index contributed by atoms with van der Waals surface area (Å²) in [5.74, 6) is 0.222. The highest BCUT2D eigenvalue weighted by Crippen LogP contribution is 2.26. The van der Waals surface area contributed by atoms with Crippen LogP contribution in [0.4, 0.5) is 0 Å². The van der Waals surface area contributed by atoms with Gasteiger partial charge in [0.1, 0.15) is 6.42 Å². The summed E-state index contributed by atoms with van der Waals surface area (Å²) >= 11 is 12.1. The van der Waals surface area contributed by atoms with Crippen LogP contribution in [0.5, 0.6) is 0 Å². The van der Waals surface area contributed by atoms with Crippen molar-refractivity contribution in [2.75, 3.05) is 6.61 Å². The molecule has 0 atom stereocenters. The number of hydrogen-bond acceptors (Lipinski definition) is 5. The molecule has 2 rings (SSSR count). The lowest BCUT2D eigenvalue weighted by Gasteiger charge is -2.03. The first kappa shape index (κ1) is 14.8. The first-order chi connectivity index (χ1) is 9.60. The van der Waals surface area contributed by atoms with E-state index < -0.39 is 5.97 Å². The molecule has 0 amide bonds. The lowest BCUT2D eigenvalue weighted by molar-refractivity contribution is -0.142. The van der Waals surface area contributed by atoms with Gasteiger partial charge in [-0.15, -0.1) is 0 Å². The molecule has 1 aromatic carbocycles. The number of esters is 1. The molecule has 0 bridgehead atoms. The number of hydrogen-bond donors (Lipinski definition) is 0. The Hall–Kier alpha value is -1.59. The standard InChI is InChI=1S/C13H12Cl2N2O3/c1-2-19-13(18)7-12-16-11(17-20-12)6-8-9(14)4-3-5-10(8)15/h3-5H,2,6-7H2,1H3. The molecule has 0 aliphatic heterocycles. The Morgan fingerprint density at radius 1 is 1.35 bits per heavy atom. The number of benzene rings is 1. The Bertz CT molecular complexity index is 593. The van der Waals surface area contributed by atoms with E-state index in [9.17, 15) is 4.79 Å². The summed E-state index contributed by atoms with van der Waals surface area (Å²) < 4.78 is 9.79. The van der Waals surface area contributed by atoms with Gasteiger partial charge in [0.15, 0.2) is 5.82 Å². The average molecular weight is 315 g/mol. The number of aromatic nitrogens is 2. The molecule has 0 N–H and O–H groups in total. The molecule has 106 valence electrons. The van der Waals surface area contributed by atoms with Gasteiger partial charge < -0.3 is 9.26 Å². The lowest BCUT2D eigenvalue weighted by atomic mass is 10.1. The van der Waals surface area contributed by atoms with Gasteiger partial charge in [-0.25, -0.2) is 0 Å². The molecule has 1 heterocycles. The first-order valence-corrected chi connectivity index (χ1v) is 6.75. The van der Waals surface area contributed by atoms with E-state index in [0.29, 0.717) is 28.9 Å². The van der Waals surface area contributed by atoms with E-state index >= 15 is 0 Å². The minimum absolute atomic E-state index is 0.0445. The van der Waals surface area contributed by atoms with Crippen LogP contribution in [0.1, 0.15) is 24.2 Å². The normalized spacial score (nSPS) is 10.6. The number of halogens is 2. The van der Waals surface area contributed by atoms with Crippen molar-refractivity contribution in [1.29, 1.82) is 0 Å². The van der Waals surface area contributed by atoms with E-state index in [1.54, 1.807) is 25.1 Å². The van der Waals surface area contributed by atoms with Gasteiger partial charge in [0.25, 0.3) is 0 Å². The van der Waals surface area contributed by atoms with Crippen LogP contribution in [0.25, 0.3) is 0 Å². The molecule has 0 aliphatic rings. The van der Waals surface area contributed by atoms with Crippen LogP contribution in [0.2, 0.25) is 10.0 Å². The molecular formula is C13H12Cl2N2O3. The quantitative estimate of drug-likeness (QED) is 0.793. The van der Waals surface area contributed by atoms with Crippen molar-refractivity contribution in [2.24, 2.45) is 0 Å². The van der Waals surface area contributed by atoms with Gasteiger partial charge in [0.2, 0.25) is 5.89 Å². The van der Waals surface area contributed by atoms with Crippen LogP contribution in [0, 0.1) is 0 Å². The number of carbonyl (C=O) groups excluding carboxylic acids is 1. The van der Waals surface area contributed by atoms with Gasteiger partial charge in [-0.3, -0.25) is 4.79 Å². The molecule has 0 radical (unpaired) electrons. The third-order valence-corrected chi connectivity index (χ3v) is 3.22. The van der Waals surface area contributed by atoms with Crippen LogP contribution < -0.4 is 0 Å². The molecule has 0 saturated carbocycles. The van der Waals surface area contributed by atoms with Gasteiger partial charge in [-0.1, -0.05) is 34.4 Å². The Kier molecular flexibility index (Phi) is 4.98. The SMILES string of the molecule is CCOC(=O)Cc1nc(Cc2c(Cl)cccc2Cl)no1. The zero-order valence-corrected chi connectivity index (χ0v) is 12.2. The maximum Gasteiger partial charge on any atom is 0.315 e. The van der Waals surface area contributed by atoms with Gasteiger partial charge >= 0.3 is 5.97 Å². The van der Waals surface area contributed by atoms with E-state index in [4.69, 9.17) is 32.5 Å². The van der Waals surface area contributed by atoms with Crippen molar-refractivity contribution in [2.45, 2.75) is 19.8 Å². The van der Waals surface area contributed by atoms with Crippen molar-refractivity contribution in [1.82, 2.24) is 10.1 Å². The van der Waals surface area contributed by atoms with Crippen molar-refractivity contribution in [3.63, 3.8) is 0 Å². The third kappa shape index (κ3) is 3.71. The number of carbonyl (C=O) groups is 1. The van der Waals surface area contributed by atoms with Crippen LogP contribution in [-0.4, -0.2) is 22.7 Å². The Morgan fingerprint density at radius 3 is 2.70 bits per heavy atom. The summed E-state index contributed by atoms with van der Waals surface area (Å²) in [6.45, 7) is 2.05. The second kappa shape index (κ2) is 6.72. The fourth-order valence-corrected chi connectivity index (χ4v) is 2.16. The molecular weight excluding hydrogens is 303 g/mol. The van der Waals surface area contributed by atoms with Gasteiger partial charge in [0.05, 0.1) is 6.61 Å². The monoisotopic (exact) mass is 314 g/mol. The van der Waals surface area contributed by atoms with E-state index in [1.807, 2.05) is 0 Å². The molecule has 0 fully saturated rings. The van der Waals surface area contributed by atoms with Crippen molar-refractivity contribution >= 4 is 29.2 Å². The highest BCUT2D eigenvalue weighted by Gasteiger charge is 2.14. The number of nitrogens with zero attached hydrogens (tertiary/aromatic N) is 2. The molecule has 1 aromatic heterocycles. The summed E-state index contributed by atoms with van der Waals surface area (Å²) in [6, 6.07) is 5.24. The Morgan fingerprint density at radius 2 is 2.05 bits per heavy atom. The van der Waals surface area contributed by atoms with Gasteiger partial charge in [-0.2, -0.15) is 4.98 Å². The van der Waals surface area contributed by atoms with Crippen molar-refractivity contribution < 1.29 is 14.1 Å². The van der Waals surface area contributed by atoms with Crippen LogP contribution >= 0.6 is 23.2 Å². The zero-order valence-electron chi connectivity index (χ0n) is 10.7. The molecule has 0 unspecified atom stereocenters. The summed E-state index contributed by atoms with van der Waals surface area (Å²) in [4.78, 5) is 15.4. The fourth-order valence-electron chi connectivity index (χ4n) is 1.63. The van der Waals surface area contributed by atoms with Gasteiger partial charge in [-0.05, 0) is 24.6 Å². The molecule has 20 heavy (non-hydrogen) atoms. The highest BCUT2D eigenvalue weighted by atomic mass is 35.5. The highest BCUT2D eigenvalue weighted by molar-refractivity contribution is 6.36. The third-order valence-electron chi connectivity index (χ3n) is 2.51. The first-order valence-electron chi connectivity index (χ1n) is 6.00. The fraction of sp³-hybridized carbons (Fsp3) is 0.308. The zero-order chi connectivity index (χ0) is 14.5. The molecule has 7 heteroatoms. The minimum Gasteiger partial charge on any atom is -0.466 e. The second-order valence-corrected chi connectivity index (χ2v) is 4.78. The van der Waals surface area contributed by atoms with E-state index in [1.165, 1.54) is 0 Å². The van der Waals surface area contributed by atoms with Crippen molar-refractivity contribution in [3.05, 3.63) is 45.5 Å². The predicted octanol–water partition coefficient (Wildman–Crippen LogP) is 3.07. The molecule has 2 aromatic rings. The van der Waals surface area contributed by atoms with Crippen LogP contribution in [-0.2, 0) is 22.4 Å². The molecule has 5 nitrogen and oxygen atoms in total. The largest absolute Gasteiger partial charge is 0.466 e. The predicted molar refractivity (Wildman–Crippen MR) is 73.9 cm³/mol. The molecule has 0 aliphatic carbocycles. The average Bonchev–Trinajstić information content (AvgIpc) is 2.82. The Balaban J connectivity index is 2.08. The molecule has 0 spiro atoms. The second-order valence-electron chi connectivity index (χ2n) is 3.96. The van der Waals surface area contributed by atoms with E-state index in [0.717, 1.165) is 5.56 Å². The lowest BCUT2D eigenvalue weighted by Crippen LogP contribution is -2.07. The summed E-state index contributed by atoms with van der Waals surface area (Å²) in [6.07, 6.45) is 0.294. The smallest absolute Gasteiger partial charge is 0.315 e. The maximum absolute atomic E-state index is 11.3. The van der Waals surface area contributed by atoms with Crippen LogP contribution in [0.3, 0.4) is 0 Å². The topological polar surface area (TPSA) is 65.2 Å². The maximum atomic E-state index is 11.3. The van der Waals surface area contributed by atoms with Crippen molar-refractivity contribution in [3.8, 4) is 0 Å².